The molecule has 1 atom stereocenters. The second kappa shape index (κ2) is 6.77. The first-order valence-corrected chi connectivity index (χ1v) is 6.19. The van der Waals surface area contributed by atoms with Crippen molar-refractivity contribution in [3.63, 3.8) is 0 Å². The van der Waals surface area contributed by atoms with Gasteiger partial charge in [0.25, 0.3) is 0 Å². The molecule has 7 nitrogen and oxygen atoms in total. The molecular weight excluding hydrogens is 246 g/mol. The Bertz CT molecular complexity index is 453. The van der Waals surface area contributed by atoms with Crippen molar-refractivity contribution >= 4 is 11.7 Å². The highest BCUT2D eigenvalue weighted by atomic mass is 16.4. The molecule has 0 aliphatic carbocycles. The zero-order chi connectivity index (χ0) is 14.4. The van der Waals surface area contributed by atoms with Crippen molar-refractivity contribution in [1.82, 2.24) is 15.1 Å². The molecular formula is C12H21N5O2. The van der Waals surface area contributed by atoms with Crippen molar-refractivity contribution in [3.8, 4) is 0 Å². The smallest absolute Gasteiger partial charge is 0.231 e. The summed E-state index contributed by atoms with van der Waals surface area (Å²) in [5, 5.41) is 18.5. The number of aromatic nitrogens is 2. The number of nitrogens with zero attached hydrogens (tertiary/aromatic N) is 3. The number of rotatable bonds is 6. The molecule has 0 radical (unpaired) electrons. The Morgan fingerprint density at radius 2 is 2.32 bits per heavy atom. The van der Waals surface area contributed by atoms with Crippen LogP contribution < -0.4 is 11.1 Å². The Kier molecular flexibility index (Phi) is 5.35. The average Bonchev–Trinajstić information content (AvgIpc) is 2.74. The molecule has 0 aliphatic rings. The molecule has 0 aliphatic heterocycles. The summed E-state index contributed by atoms with van der Waals surface area (Å²) in [6.07, 6.45) is 2.40. The molecule has 19 heavy (non-hydrogen) atoms. The third kappa shape index (κ3) is 3.97. The third-order valence-electron chi connectivity index (χ3n) is 2.99. The van der Waals surface area contributed by atoms with E-state index in [-0.39, 0.29) is 17.7 Å². The van der Waals surface area contributed by atoms with E-state index in [4.69, 9.17) is 10.9 Å². The second-order valence-electron chi connectivity index (χ2n) is 4.73. The zero-order valence-electron chi connectivity index (χ0n) is 11.5. The predicted octanol–water partition coefficient (Wildman–Crippen LogP) is 0.0974. The predicted molar refractivity (Wildman–Crippen MR) is 71.7 cm³/mol. The number of aryl methyl sites for hydroxylation is 1. The molecule has 0 saturated heterocycles. The summed E-state index contributed by atoms with van der Waals surface area (Å²) in [6.45, 7) is 4.19. The normalized spacial score (nSPS) is 13.6. The van der Waals surface area contributed by atoms with E-state index in [2.05, 4.69) is 15.6 Å². The molecule has 1 amide bonds. The SMILES string of the molecule is CC(C)C(C(=O)NCCc1ccnn1C)C(N)=NO. The summed E-state index contributed by atoms with van der Waals surface area (Å²) < 4.78 is 1.76. The number of hydrogen-bond acceptors (Lipinski definition) is 4. The maximum atomic E-state index is 12.0. The average molecular weight is 267 g/mol. The van der Waals surface area contributed by atoms with Crippen LogP contribution in [-0.2, 0) is 18.3 Å². The maximum absolute atomic E-state index is 12.0. The van der Waals surface area contributed by atoms with Gasteiger partial charge in [-0.3, -0.25) is 9.48 Å². The molecule has 1 aromatic rings. The van der Waals surface area contributed by atoms with E-state index in [1.807, 2.05) is 27.0 Å². The van der Waals surface area contributed by atoms with E-state index in [0.29, 0.717) is 13.0 Å². The van der Waals surface area contributed by atoms with Crippen LogP contribution in [0.4, 0.5) is 0 Å². The molecule has 0 bridgehead atoms. The van der Waals surface area contributed by atoms with Crippen LogP contribution >= 0.6 is 0 Å². The molecule has 1 aromatic heterocycles. The number of hydrogen-bond donors (Lipinski definition) is 3. The van der Waals surface area contributed by atoms with Crippen LogP contribution in [0.2, 0.25) is 0 Å². The summed E-state index contributed by atoms with van der Waals surface area (Å²) >= 11 is 0. The Morgan fingerprint density at radius 1 is 1.63 bits per heavy atom. The van der Waals surface area contributed by atoms with Gasteiger partial charge in [0.05, 0.1) is 0 Å². The lowest BCUT2D eigenvalue weighted by Gasteiger charge is -2.18. The monoisotopic (exact) mass is 267 g/mol. The first-order valence-electron chi connectivity index (χ1n) is 6.19. The highest BCUT2D eigenvalue weighted by Crippen LogP contribution is 2.11. The number of carbonyl (C=O) groups excluding carboxylic acids is 1. The summed E-state index contributed by atoms with van der Waals surface area (Å²) in [5.74, 6) is -0.940. The van der Waals surface area contributed by atoms with Gasteiger partial charge in [-0.05, 0) is 12.0 Å². The molecule has 0 fully saturated rings. The van der Waals surface area contributed by atoms with Gasteiger partial charge in [0.15, 0.2) is 5.84 Å². The molecule has 4 N–H and O–H groups in total. The fourth-order valence-corrected chi connectivity index (χ4v) is 1.91. The van der Waals surface area contributed by atoms with Crippen molar-refractivity contribution < 1.29 is 10.0 Å². The first kappa shape index (κ1) is 15.0. The van der Waals surface area contributed by atoms with Crippen LogP contribution in [0.5, 0.6) is 0 Å². The largest absolute Gasteiger partial charge is 0.409 e. The van der Waals surface area contributed by atoms with Crippen molar-refractivity contribution in [1.29, 1.82) is 0 Å². The van der Waals surface area contributed by atoms with Gasteiger partial charge in [-0.25, -0.2) is 0 Å². The van der Waals surface area contributed by atoms with E-state index < -0.39 is 5.92 Å². The van der Waals surface area contributed by atoms with Gasteiger partial charge in [-0.1, -0.05) is 19.0 Å². The summed E-state index contributed by atoms with van der Waals surface area (Å²) in [5.41, 5.74) is 6.57. The van der Waals surface area contributed by atoms with Gasteiger partial charge < -0.3 is 16.3 Å². The minimum absolute atomic E-state index is 0.0346. The number of nitrogens with two attached hydrogens (primary N) is 1. The Morgan fingerprint density at radius 3 is 2.79 bits per heavy atom. The maximum Gasteiger partial charge on any atom is 0.231 e. The van der Waals surface area contributed by atoms with Crippen LogP contribution in [0.3, 0.4) is 0 Å². The van der Waals surface area contributed by atoms with Crippen LogP contribution in [0.25, 0.3) is 0 Å². The number of amides is 1. The van der Waals surface area contributed by atoms with Crippen LogP contribution in [0.15, 0.2) is 17.4 Å². The van der Waals surface area contributed by atoms with E-state index in [1.54, 1.807) is 10.9 Å². The highest BCUT2D eigenvalue weighted by molar-refractivity contribution is 6.02. The van der Waals surface area contributed by atoms with Crippen molar-refractivity contribution in [3.05, 3.63) is 18.0 Å². The summed E-state index contributed by atoms with van der Waals surface area (Å²) in [7, 11) is 1.85. The number of carbonyl (C=O) groups is 1. The van der Waals surface area contributed by atoms with Gasteiger partial charge in [-0.15, -0.1) is 0 Å². The lowest BCUT2D eigenvalue weighted by Crippen LogP contribution is -2.42. The van der Waals surface area contributed by atoms with Gasteiger partial charge in [-0.2, -0.15) is 5.10 Å². The van der Waals surface area contributed by atoms with Gasteiger partial charge >= 0.3 is 0 Å². The number of oxime groups is 1. The lowest BCUT2D eigenvalue weighted by atomic mass is 9.94. The third-order valence-corrected chi connectivity index (χ3v) is 2.99. The van der Waals surface area contributed by atoms with Crippen LogP contribution in [0.1, 0.15) is 19.5 Å². The minimum atomic E-state index is -0.614. The van der Waals surface area contributed by atoms with Crippen molar-refractivity contribution in [2.45, 2.75) is 20.3 Å². The highest BCUT2D eigenvalue weighted by Gasteiger charge is 2.26. The number of amidine groups is 1. The van der Waals surface area contributed by atoms with Crippen molar-refractivity contribution in [2.75, 3.05) is 6.54 Å². The lowest BCUT2D eigenvalue weighted by molar-refractivity contribution is -0.124. The first-order chi connectivity index (χ1) is 8.97. The molecule has 1 unspecified atom stereocenters. The summed E-state index contributed by atoms with van der Waals surface area (Å²) in [6, 6.07) is 1.90. The molecule has 1 heterocycles. The van der Waals surface area contributed by atoms with E-state index in [0.717, 1.165) is 5.69 Å². The topological polar surface area (TPSA) is 106 Å². The van der Waals surface area contributed by atoms with Crippen LogP contribution in [-0.4, -0.2) is 33.3 Å². The Labute approximate surface area is 112 Å². The molecule has 106 valence electrons. The minimum Gasteiger partial charge on any atom is -0.409 e. The van der Waals surface area contributed by atoms with Crippen molar-refractivity contribution in [2.24, 2.45) is 29.8 Å². The summed E-state index contributed by atoms with van der Waals surface area (Å²) in [4.78, 5) is 12.0. The van der Waals surface area contributed by atoms with Crippen LogP contribution in [0, 0.1) is 11.8 Å². The Balaban J connectivity index is 2.52. The van der Waals surface area contributed by atoms with E-state index >= 15 is 0 Å². The van der Waals surface area contributed by atoms with Gasteiger partial charge in [0.1, 0.15) is 5.92 Å². The molecule has 0 spiro atoms. The zero-order valence-corrected chi connectivity index (χ0v) is 11.5. The molecule has 0 saturated carbocycles. The number of nitrogens with one attached hydrogen (secondary N) is 1. The quantitative estimate of drug-likeness (QED) is 0.294. The van der Waals surface area contributed by atoms with E-state index in [9.17, 15) is 4.79 Å². The molecule has 0 aromatic carbocycles. The second-order valence-corrected chi connectivity index (χ2v) is 4.73. The van der Waals surface area contributed by atoms with Gasteiger partial charge in [0.2, 0.25) is 5.91 Å². The standard InChI is InChI=1S/C12H21N5O2/c1-8(2)10(11(13)16-19)12(18)14-6-4-9-5-7-15-17(9)3/h5,7-8,10,19H,4,6H2,1-3H3,(H2,13,16)(H,14,18). The molecule has 7 heteroatoms. The fraction of sp³-hybridized carbons (Fsp3) is 0.583. The van der Waals surface area contributed by atoms with Gasteiger partial charge in [0, 0.05) is 31.9 Å². The molecule has 1 rings (SSSR count). The fourth-order valence-electron chi connectivity index (χ4n) is 1.91. The van der Waals surface area contributed by atoms with E-state index in [1.165, 1.54) is 0 Å². The Hall–Kier alpha value is -2.05.